The second kappa shape index (κ2) is 10.2. The quantitative estimate of drug-likeness (QED) is 0.825. The largest absolute Gasteiger partial charge is 0.342 e. The molecule has 2 aliphatic heterocycles. The molecule has 0 spiro atoms. The lowest BCUT2D eigenvalue weighted by Crippen LogP contribution is -2.51. The zero-order valence-corrected chi connectivity index (χ0v) is 18.3. The monoisotopic (exact) mass is 400 g/mol. The van der Waals surface area contributed by atoms with Crippen molar-refractivity contribution in [2.24, 2.45) is 0 Å². The Morgan fingerprint density at radius 1 is 0.793 bits per heavy atom. The number of nitrogens with one attached hydrogen (secondary N) is 1. The topological polar surface area (TPSA) is 55.9 Å². The molecular formula is C23H36N4O2. The van der Waals surface area contributed by atoms with E-state index in [0.29, 0.717) is 13.1 Å². The van der Waals surface area contributed by atoms with Gasteiger partial charge < -0.3 is 10.2 Å². The second-order valence-electron chi connectivity index (χ2n) is 8.67. The van der Waals surface area contributed by atoms with E-state index in [4.69, 9.17) is 0 Å². The van der Waals surface area contributed by atoms with Crippen molar-refractivity contribution in [1.29, 1.82) is 0 Å². The van der Waals surface area contributed by atoms with Gasteiger partial charge in [0.05, 0.1) is 13.1 Å². The lowest BCUT2D eigenvalue weighted by Gasteiger charge is -2.35. The minimum Gasteiger partial charge on any atom is -0.342 e. The van der Waals surface area contributed by atoms with Crippen LogP contribution in [0.4, 0.5) is 5.69 Å². The van der Waals surface area contributed by atoms with Gasteiger partial charge in [0, 0.05) is 45.0 Å². The van der Waals surface area contributed by atoms with Crippen molar-refractivity contribution >= 4 is 17.5 Å². The lowest BCUT2D eigenvalue weighted by molar-refractivity contribution is -0.133. The molecule has 6 heteroatoms. The maximum Gasteiger partial charge on any atom is 0.238 e. The number of carbonyl (C=O) groups is 2. The SMILES string of the molecule is Cc1cc(C)c(NC(=O)CN2CCN(CC(=O)N3CCCCCC3)CC2)c(C)c1. The van der Waals surface area contributed by atoms with E-state index in [-0.39, 0.29) is 11.8 Å². The molecule has 0 atom stereocenters. The van der Waals surface area contributed by atoms with Gasteiger partial charge in [-0.3, -0.25) is 19.4 Å². The smallest absolute Gasteiger partial charge is 0.238 e. The first-order chi connectivity index (χ1) is 13.9. The standard InChI is InChI=1S/C23H36N4O2/c1-18-14-19(2)23(20(3)15-18)24-21(28)16-25-10-12-26(13-11-25)17-22(29)27-8-6-4-5-7-9-27/h14-15H,4-13,16-17H2,1-3H3,(H,24,28). The van der Waals surface area contributed by atoms with Crippen LogP contribution >= 0.6 is 0 Å². The summed E-state index contributed by atoms with van der Waals surface area (Å²) in [5.41, 5.74) is 4.35. The van der Waals surface area contributed by atoms with Crippen molar-refractivity contribution in [3.05, 3.63) is 28.8 Å². The van der Waals surface area contributed by atoms with Gasteiger partial charge >= 0.3 is 0 Å². The van der Waals surface area contributed by atoms with Crippen molar-refractivity contribution in [1.82, 2.24) is 14.7 Å². The number of rotatable bonds is 5. The second-order valence-corrected chi connectivity index (χ2v) is 8.67. The molecule has 1 aromatic rings. The predicted molar refractivity (Wildman–Crippen MR) is 117 cm³/mol. The fourth-order valence-electron chi connectivity index (χ4n) is 4.48. The Labute approximate surface area is 175 Å². The zero-order valence-electron chi connectivity index (χ0n) is 18.3. The first-order valence-electron chi connectivity index (χ1n) is 11.0. The van der Waals surface area contributed by atoms with Crippen molar-refractivity contribution in [2.45, 2.75) is 46.5 Å². The van der Waals surface area contributed by atoms with E-state index in [9.17, 15) is 9.59 Å². The first kappa shape index (κ1) is 21.8. The Kier molecular flexibility index (Phi) is 7.67. The van der Waals surface area contributed by atoms with E-state index < -0.39 is 0 Å². The minimum absolute atomic E-state index is 0.0362. The van der Waals surface area contributed by atoms with Crippen LogP contribution in [0.2, 0.25) is 0 Å². The number of hydrogen-bond donors (Lipinski definition) is 1. The summed E-state index contributed by atoms with van der Waals surface area (Å²) in [6.45, 7) is 12.2. The molecule has 2 fully saturated rings. The highest BCUT2D eigenvalue weighted by molar-refractivity contribution is 5.93. The van der Waals surface area contributed by atoms with Crippen LogP contribution in [0, 0.1) is 20.8 Å². The van der Waals surface area contributed by atoms with Crippen LogP contribution in [0.25, 0.3) is 0 Å². The third-order valence-corrected chi connectivity index (χ3v) is 6.09. The molecule has 0 saturated carbocycles. The highest BCUT2D eigenvalue weighted by Crippen LogP contribution is 2.22. The van der Waals surface area contributed by atoms with Crippen molar-refractivity contribution in [2.75, 3.05) is 57.7 Å². The van der Waals surface area contributed by atoms with E-state index >= 15 is 0 Å². The molecule has 2 aliphatic rings. The van der Waals surface area contributed by atoms with Gasteiger partial charge in [-0.05, 0) is 44.7 Å². The average molecular weight is 401 g/mol. The van der Waals surface area contributed by atoms with Gasteiger partial charge in [0.2, 0.25) is 11.8 Å². The van der Waals surface area contributed by atoms with Crippen molar-refractivity contribution < 1.29 is 9.59 Å². The molecule has 0 aliphatic carbocycles. The number of amides is 2. The summed E-state index contributed by atoms with van der Waals surface area (Å²) < 4.78 is 0. The fourth-order valence-corrected chi connectivity index (χ4v) is 4.48. The molecule has 2 amide bonds. The maximum atomic E-state index is 12.6. The Morgan fingerprint density at radius 3 is 1.86 bits per heavy atom. The van der Waals surface area contributed by atoms with Crippen LogP contribution in [0.5, 0.6) is 0 Å². The Morgan fingerprint density at radius 2 is 1.31 bits per heavy atom. The Hall–Kier alpha value is -1.92. The number of nitrogens with zero attached hydrogens (tertiary/aromatic N) is 3. The third-order valence-electron chi connectivity index (χ3n) is 6.09. The molecule has 0 unspecified atom stereocenters. The predicted octanol–water partition coefficient (Wildman–Crippen LogP) is 2.57. The van der Waals surface area contributed by atoms with Crippen LogP contribution in [-0.2, 0) is 9.59 Å². The number of aryl methyl sites for hydroxylation is 3. The van der Waals surface area contributed by atoms with E-state index in [1.165, 1.54) is 18.4 Å². The molecule has 2 heterocycles. The van der Waals surface area contributed by atoms with Crippen LogP contribution in [0.3, 0.4) is 0 Å². The summed E-state index contributed by atoms with van der Waals surface area (Å²) in [6.07, 6.45) is 4.75. The van der Waals surface area contributed by atoms with Crippen LogP contribution < -0.4 is 5.32 Å². The lowest BCUT2D eigenvalue weighted by atomic mass is 10.1. The highest BCUT2D eigenvalue weighted by atomic mass is 16.2. The van der Waals surface area contributed by atoms with Gasteiger partial charge in [-0.15, -0.1) is 0 Å². The summed E-state index contributed by atoms with van der Waals surface area (Å²) >= 11 is 0. The van der Waals surface area contributed by atoms with E-state index in [1.54, 1.807) is 0 Å². The zero-order chi connectivity index (χ0) is 20.8. The number of anilines is 1. The molecule has 6 nitrogen and oxygen atoms in total. The summed E-state index contributed by atoms with van der Waals surface area (Å²) in [4.78, 5) is 31.6. The minimum atomic E-state index is 0.0362. The van der Waals surface area contributed by atoms with Crippen molar-refractivity contribution in [3.8, 4) is 0 Å². The van der Waals surface area contributed by atoms with E-state index in [1.807, 2.05) is 18.7 Å². The molecule has 0 radical (unpaired) electrons. The molecule has 160 valence electrons. The molecule has 1 aromatic carbocycles. The summed E-state index contributed by atoms with van der Waals surface area (Å²) in [5, 5.41) is 3.09. The van der Waals surface area contributed by atoms with E-state index in [2.05, 4.69) is 34.2 Å². The number of likely N-dealkylation sites (tertiary alicyclic amines) is 1. The highest BCUT2D eigenvalue weighted by Gasteiger charge is 2.23. The number of benzene rings is 1. The number of piperazine rings is 1. The number of hydrogen-bond acceptors (Lipinski definition) is 4. The van der Waals surface area contributed by atoms with Gasteiger partial charge in [-0.1, -0.05) is 30.5 Å². The first-order valence-corrected chi connectivity index (χ1v) is 11.0. The molecule has 0 aromatic heterocycles. The molecular weight excluding hydrogens is 364 g/mol. The summed E-state index contributed by atoms with van der Waals surface area (Å²) in [7, 11) is 0. The average Bonchev–Trinajstić information content (AvgIpc) is 2.96. The van der Waals surface area contributed by atoms with Crippen LogP contribution in [-0.4, -0.2) is 78.9 Å². The van der Waals surface area contributed by atoms with Gasteiger partial charge in [0.1, 0.15) is 0 Å². The molecule has 29 heavy (non-hydrogen) atoms. The van der Waals surface area contributed by atoms with Crippen LogP contribution in [0.1, 0.15) is 42.4 Å². The molecule has 2 saturated heterocycles. The summed E-state index contributed by atoms with van der Waals surface area (Å²) in [5.74, 6) is 0.303. The number of carbonyl (C=O) groups excluding carboxylic acids is 2. The molecule has 3 rings (SSSR count). The van der Waals surface area contributed by atoms with Gasteiger partial charge in [0.25, 0.3) is 0 Å². The van der Waals surface area contributed by atoms with Crippen LogP contribution in [0.15, 0.2) is 12.1 Å². The third kappa shape index (κ3) is 6.28. The molecule has 0 bridgehead atoms. The Balaban J connectivity index is 1.42. The summed E-state index contributed by atoms with van der Waals surface area (Å²) in [6, 6.07) is 4.20. The molecule has 1 N–H and O–H groups in total. The fraction of sp³-hybridized carbons (Fsp3) is 0.652. The maximum absolute atomic E-state index is 12.6. The van der Waals surface area contributed by atoms with Gasteiger partial charge in [-0.25, -0.2) is 0 Å². The normalized spacial score (nSPS) is 19.1. The van der Waals surface area contributed by atoms with E-state index in [0.717, 1.165) is 68.9 Å². The van der Waals surface area contributed by atoms with Gasteiger partial charge in [-0.2, -0.15) is 0 Å². The van der Waals surface area contributed by atoms with Gasteiger partial charge in [0.15, 0.2) is 0 Å². The Bertz CT molecular complexity index is 695. The van der Waals surface area contributed by atoms with Crippen molar-refractivity contribution in [3.63, 3.8) is 0 Å².